The van der Waals surface area contributed by atoms with E-state index < -0.39 is 35.5 Å². The second-order valence-corrected chi connectivity index (χ2v) is 8.28. The smallest absolute Gasteiger partial charge is 0.332 e. The molecule has 1 aromatic heterocycles. The number of nitrogen functional groups attached to an aromatic ring is 1. The largest absolute Gasteiger partial charge is 0.457 e. The van der Waals surface area contributed by atoms with Gasteiger partial charge in [-0.3, -0.25) is 23.5 Å². The van der Waals surface area contributed by atoms with Crippen molar-refractivity contribution in [3.05, 3.63) is 98.2 Å². The number of ketones is 1. The predicted molar refractivity (Wildman–Crippen MR) is 130 cm³/mol. The van der Waals surface area contributed by atoms with Gasteiger partial charge in [0, 0.05) is 7.05 Å². The van der Waals surface area contributed by atoms with Crippen LogP contribution in [0.1, 0.15) is 47.7 Å². The molecular weight excluding hydrogens is 434 g/mol. The van der Waals surface area contributed by atoms with E-state index in [0.717, 1.165) is 26.7 Å². The Morgan fingerprint density at radius 2 is 1.59 bits per heavy atom. The summed E-state index contributed by atoms with van der Waals surface area (Å²) >= 11 is 0. The highest BCUT2D eigenvalue weighted by atomic mass is 16.5. The van der Waals surface area contributed by atoms with E-state index in [9.17, 15) is 19.2 Å². The number of esters is 1. The van der Waals surface area contributed by atoms with Crippen molar-refractivity contribution in [1.82, 2.24) is 9.13 Å². The van der Waals surface area contributed by atoms with Crippen molar-refractivity contribution in [2.75, 3.05) is 12.3 Å². The minimum atomic E-state index is -0.825. The zero-order chi connectivity index (χ0) is 24.8. The van der Waals surface area contributed by atoms with Crippen molar-refractivity contribution >= 4 is 17.6 Å². The fraction of sp³-hybridized carbons (Fsp3) is 0.308. The predicted octanol–water partition coefficient (Wildman–Crippen LogP) is 2.73. The molecule has 0 aliphatic rings. The third kappa shape index (κ3) is 5.17. The molecule has 178 valence electrons. The number of nitrogens with zero attached hydrogens (tertiary/aromatic N) is 2. The number of benzene rings is 2. The van der Waals surface area contributed by atoms with Crippen LogP contribution in [0.4, 0.5) is 5.82 Å². The molecule has 2 unspecified atom stereocenters. The number of carbonyl (C=O) groups is 2. The Morgan fingerprint density at radius 3 is 2.18 bits per heavy atom. The highest BCUT2D eigenvalue weighted by Gasteiger charge is 2.29. The topological polar surface area (TPSA) is 113 Å². The minimum Gasteiger partial charge on any atom is -0.457 e. The average Bonchev–Trinajstić information content (AvgIpc) is 2.85. The van der Waals surface area contributed by atoms with E-state index in [1.165, 1.54) is 7.05 Å². The first-order valence-electron chi connectivity index (χ1n) is 11.1. The Bertz CT molecular complexity index is 1280. The fourth-order valence-corrected chi connectivity index (χ4v) is 3.86. The summed E-state index contributed by atoms with van der Waals surface area (Å²) in [4.78, 5) is 51.3. The molecule has 0 aliphatic carbocycles. The van der Waals surface area contributed by atoms with E-state index in [0.29, 0.717) is 0 Å². The summed E-state index contributed by atoms with van der Waals surface area (Å²) in [5.41, 5.74) is 5.85. The molecule has 0 radical (unpaired) electrons. The Hall–Kier alpha value is -3.94. The van der Waals surface area contributed by atoms with Gasteiger partial charge < -0.3 is 10.5 Å². The van der Waals surface area contributed by atoms with Gasteiger partial charge in [-0.15, -0.1) is 0 Å². The molecule has 0 bridgehead atoms. The summed E-state index contributed by atoms with van der Waals surface area (Å²) in [5, 5.41) is 0. The quantitative estimate of drug-likeness (QED) is 0.386. The first-order valence-corrected chi connectivity index (χ1v) is 11.1. The maximum atomic E-state index is 13.0. The standard InChI is InChI=1S/C26H29N3O5/c1-4-17(2)21(19-13-9-6-10-14-19)25(32)34-16-20(30)22-23(27)29(26(33)28(3)24(22)31)15-18-11-7-5-8-12-18/h5-14,17,21H,4,15-16,27H2,1-3H3. The van der Waals surface area contributed by atoms with Gasteiger partial charge in [0.1, 0.15) is 11.4 Å². The molecule has 3 rings (SSSR count). The number of hydrogen-bond donors (Lipinski definition) is 1. The van der Waals surface area contributed by atoms with Crippen LogP contribution >= 0.6 is 0 Å². The first-order chi connectivity index (χ1) is 16.3. The SMILES string of the molecule is CCC(C)C(C(=O)OCC(=O)c1c(N)n(Cc2ccccc2)c(=O)n(C)c1=O)c1ccccc1. The molecule has 0 spiro atoms. The molecule has 2 N–H and O–H groups in total. The summed E-state index contributed by atoms with van der Waals surface area (Å²) in [6, 6.07) is 18.3. The lowest BCUT2D eigenvalue weighted by atomic mass is 9.85. The monoisotopic (exact) mass is 463 g/mol. The maximum absolute atomic E-state index is 13.0. The van der Waals surface area contributed by atoms with Crippen molar-refractivity contribution in [2.24, 2.45) is 13.0 Å². The molecule has 2 atom stereocenters. The number of Topliss-reactive ketones (excluding diaryl/α,β-unsaturated/α-hetero) is 1. The third-order valence-electron chi connectivity index (χ3n) is 6.02. The van der Waals surface area contributed by atoms with E-state index in [2.05, 4.69) is 0 Å². The lowest BCUT2D eigenvalue weighted by Gasteiger charge is -2.22. The van der Waals surface area contributed by atoms with Crippen LogP contribution in [-0.4, -0.2) is 27.5 Å². The zero-order valence-corrected chi connectivity index (χ0v) is 19.6. The van der Waals surface area contributed by atoms with Crippen LogP contribution < -0.4 is 17.0 Å². The second kappa shape index (κ2) is 10.8. The Balaban J connectivity index is 1.87. The fourth-order valence-electron chi connectivity index (χ4n) is 3.86. The van der Waals surface area contributed by atoms with E-state index in [1.54, 1.807) is 12.1 Å². The molecule has 0 amide bonds. The molecule has 0 saturated heterocycles. The highest BCUT2D eigenvalue weighted by Crippen LogP contribution is 2.28. The summed E-state index contributed by atoms with van der Waals surface area (Å²) in [7, 11) is 1.28. The van der Waals surface area contributed by atoms with Gasteiger partial charge in [0.25, 0.3) is 5.56 Å². The zero-order valence-electron chi connectivity index (χ0n) is 19.6. The Morgan fingerprint density at radius 1 is 1.00 bits per heavy atom. The van der Waals surface area contributed by atoms with Gasteiger partial charge >= 0.3 is 11.7 Å². The average molecular weight is 464 g/mol. The third-order valence-corrected chi connectivity index (χ3v) is 6.02. The molecule has 1 heterocycles. The van der Waals surface area contributed by atoms with Crippen LogP contribution in [0.3, 0.4) is 0 Å². The number of aromatic nitrogens is 2. The van der Waals surface area contributed by atoms with Gasteiger partial charge in [-0.25, -0.2) is 4.79 Å². The van der Waals surface area contributed by atoms with Crippen LogP contribution in [0, 0.1) is 5.92 Å². The van der Waals surface area contributed by atoms with Gasteiger partial charge in [-0.05, 0) is 17.0 Å². The van der Waals surface area contributed by atoms with Gasteiger partial charge in [0.2, 0.25) is 5.78 Å². The summed E-state index contributed by atoms with van der Waals surface area (Å²) in [5.74, 6) is -2.13. The number of ether oxygens (including phenoxy) is 1. The number of rotatable bonds is 9. The number of hydrogen-bond acceptors (Lipinski definition) is 6. The van der Waals surface area contributed by atoms with Crippen molar-refractivity contribution in [3.63, 3.8) is 0 Å². The molecule has 0 saturated carbocycles. The van der Waals surface area contributed by atoms with Crippen LogP contribution in [0.5, 0.6) is 0 Å². The van der Waals surface area contributed by atoms with Gasteiger partial charge in [0.05, 0.1) is 12.5 Å². The molecule has 3 aromatic rings. The summed E-state index contributed by atoms with van der Waals surface area (Å²) < 4.78 is 7.35. The van der Waals surface area contributed by atoms with Crippen LogP contribution in [-0.2, 0) is 23.1 Å². The lowest BCUT2D eigenvalue weighted by molar-refractivity contribution is -0.145. The van der Waals surface area contributed by atoms with Gasteiger partial charge in [-0.2, -0.15) is 0 Å². The number of carbonyl (C=O) groups excluding carboxylic acids is 2. The van der Waals surface area contributed by atoms with E-state index in [1.807, 2.05) is 62.4 Å². The summed E-state index contributed by atoms with van der Waals surface area (Å²) in [6.07, 6.45) is 0.737. The normalized spacial score (nSPS) is 12.7. The van der Waals surface area contributed by atoms with Crippen LogP contribution in [0.15, 0.2) is 70.3 Å². The molecule has 0 aliphatic heterocycles. The maximum Gasteiger partial charge on any atom is 0.332 e. The molecule has 34 heavy (non-hydrogen) atoms. The molecule has 8 heteroatoms. The first kappa shape index (κ1) is 24.7. The lowest BCUT2D eigenvalue weighted by Crippen LogP contribution is -2.43. The second-order valence-electron chi connectivity index (χ2n) is 8.28. The van der Waals surface area contributed by atoms with Crippen molar-refractivity contribution < 1.29 is 14.3 Å². The minimum absolute atomic E-state index is 0.0179. The summed E-state index contributed by atoms with van der Waals surface area (Å²) in [6.45, 7) is 3.35. The van der Waals surface area contributed by atoms with Crippen molar-refractivity contribution in [2.45, 2.75) is 32.7 Å². The van der Waals surface area contributed by atoms with Crippen molar-refractivity contribution in [3.8, 4) is 0 Å². The Labute approximate surface area is 197 Å². The van der Waals surface area contributed by atoms with E-state index in [-0.39, 0.29) is 23.8 Å². The Kier molecular flexibility index (Phi) is 7.83. The van der Waals surface area contributed by atoms with Crippen LogP contribution in [0.25, 0.3) is 0 Å². The van der Waals surface area contributed by atoms with Gasteiger partial charge in [-0.1, -0.05) is 80.9 Å². The van der Waals surface area contributed by atoms with E-state index >= 15 is 0 Å². The molecule has 2 aromatic carbocycles. The number of nitrogens with two attached hydrogens (primary N) is 1. The highest BCUT2D eigenvalue weighted by molar-refractivity contribution is 6.01. The molecule has 0 fully saturated rings. The number of anilines is 1. The van der Waals surface area contributed by atoms with E-state index in [4.69, 9.17) is 10.5 Å². The molecule has 8 nitrogen and oxygen atoms in total. The van der Waals surface area contributed by atoms with Crippen molar-refractivity contribution in [1.29, 1.82) is 0 Å². The molecular formula is C26H29N3O5. The van der Waals surface area contributed by atoms with Gasteiger partial charge in [0.15, 0.2) is 6.61 Å². The van der Waals surface area contributed by atoms with Crippen LogP contribution in [0.2, 0.25) is 0 Å².